The Hall–Kier alpha value is -2.36. The summed E-state index contributed by atoms with van der Waals surface area (Å²) in [6, 6.07) is 23.7. The lowest BCUT2D eigenvalue weighted by Gasteiger charge is -2.10. The minimum absolute atomic E-state index is 0.210. The first-order valence-corrected chi connectivity index (χ1v) is 11.2. The zero-order chi connectivity index (χ0) is 20.2. The van der Waals surface area contributed by atoms with E-state index in [9.17, 15) is 4.79 Å². The number of hydrogen-bond acceptors (Lipinski definition) is 4. The molecule has 4 aromatic rings. The molecule has 29 heavy (non-hydrogen) atoms. The smallest absolute Gasteiger partial charge is 0.258 e. The second-order valence-electron chi connectivity index (χ2n) is 6.30. The highest BCUT2D eigenvalue weighted by atomic mass is 127. The minimum atomic E-state index is -0.210. The standard InChI is InChI=1S/C22H16IN3OS2/c23-17-6-2-1-5-16(17)20(27)26-22(28)24-13-14-9-11-15(12-10-14)21-25-18-7-3-4-8-19(18)29-21/h1-12H,13H2,(H2,24,26,27,28). The lowest BCUT2D eigenvalue weighted by atomic mass is 10.1. The first-order chi connectivity index (χ1) is 14.1. The van der Waals surface area contributed by atoms with E-state index in [4.69, 9.17) is 12.2 Å². The Kier molecular flexibility index (Phi) is 6.17. The number of thiocarbonyl (C=S) groups is 1. The zero-order valence-electron chi connectivity index (χ0n) is 15.2. The van der Waals surface area contributed by atoms with Gasteiger partial charge in [0.25, 0.3) is 5.91 Å². The molecule has 144 valence electrons. The number of halogens is 1. The van der Waals surface area contributed by atoms with Gasteiger partial charge in [-0.2, -0.15) is 0 Å². The van der Waals surface area contributed by atoms with Crippen molar-refractivity contribution < 1.29 is 4.79 Å². The molecule has 0 radical (unpaired) electrons. The number of thiazole rings is 1. The van der Waals surface area contributed by atoms with Crippen molar-refractivity contribution in [1.29, 1.82) is 0 Å². The number of benzene rings is 3. The third-order valence-electron chi connectivity index (χ3n) is 4.29. The molecule has 0 aliphatic carbocycles. The summed E-state index contributed by atoms with van der Waals surface area (Å²) in [4.78, 5) is 17.0. The molecule has 0 aliphatic rings. The molecule has 0 aliphatic heterocycles. The fourth-order valence-corrected chi connectivity index (χ4v) is 4.57. The Balaban J connectivity index is 1.36. The summed E-state index contributed by atoms with van der Waals surface area (Å²) in [5, 5.41) is 7.13. The van der Waals surface area contributed by atoms with E-state index < -0.39 is 0 Å². The topological polar surface area (TPSA) is 54.0 Å². The van der Waals surface area contributed by atoms with Crippen LogP contribution in [0.2, 0.25) is 0 Å². The van der Waals surface area contributed by atoms with Gasteiger partial charge >= 0.3 is 0 Å². The fraction of sp³-hybridized carbons (Fsp3) is 0.0455. The van der Waals surface area contributed by atoms with E-state index in [0.29, 0.717) is 17.2 Å². The van der Waals surface area contributed by atoms with Gasteiger partial charge in [0.05, 0.1) is 15.8 Å². The molecule has 1 aromatic heterocycles. The maximum Gasteiger partial charge on any atom is 0.258 e. The van der Waals surface area contributed by atoms with E-state index in [2.05, 4.69) is 56.4 Å². The Morgan fingerprint density at radius 3 is 2.48 bits per heavy atom. The second-order valence-corrected chi connectivity index (χ2v) is 8.90. The van der Waals surface area contributed by atoms with E-state index in [0.717, 1.165) is 25.2 Å². The molecule has 7 heteroatoms. The van der Waals surface area contributed by atoms with Crippen molar-refractivity contribution >= 4 is 67.4 Å². The number of nitrogens with one attached hydrogen (secondary N) is 2. The maximum atomic E-state index is 12.3. The molecule has 0 atom stereocenters. The van der Waals surface area contributed by atoms with Crippen molar-refractivity contribution in [2.45, 2.75) is 6.54 Å². The number of aromatic nitrogens is 1. The molecule has 0 fully saturated rings. The Bertz CT molecular complexity index is 1160. The van der Waals surface area contributed by atoms with Gasteiger partial charge in [-0.25, -0.2) is 4.98 Å². The highest BCUT2D eigenvalue weighted by Crippen LogP contribution is 2.29. The average molecular weight is 529 g/mol. The van der Waals surface area contributed by atoms with Crippen LogP contribution in [-0.2, 0) is 6.54 Å². The summed E-state index contributed by atoms with van der Waals surface area (Å²) < 4.78 is 2.07. The average Bonchev–Trinajstić information content (AvgIpc) is 3.17. The lowest BCUT2D eigenvalue weighted by Crippen LogP contribution is -2.39. The van der Waals surface area contributed by atoms with E-state index >= 15 is 0 Å². The van der Waals surface area contributed by atoms with Crippen LogP contribution in [-0.4, -0.2) is 16.0 Å². The van der Waals surface area contributed by atoms with Crippen LogP contribution in [0.1, 0.15) is 15.9 Å². The quantitative estimate of drug-likeness (QED) is 0.276. The summed E-state index contributed by atoms with van der Waals surface area (Å²) in [5.74, 6) is -0.210. The summed E-state index contributed by atoms with van der Waals surface area (Å²) in [5.41, 5.74) is 3.79. The van der Waals surface area contributed by atoms with Crippen LogP contribution in [0.4, 0.5) is 0 Å². The van der Waals surface area contributed by atoms with Gasteiger partial charge in [0, 0.05) is 15.7 Å². The molecule has 4 rings (SSSR count). The van der Waals surface area contributed by atoms with Crippen LogP contribution in [0.5, 0.6) is 0 Å². The normalized spacial score (nSPS) is 10.7. The van der Waals surface area contributed by atoms with Gasteiger partial charge < -0.3 is 5.32 Å². The van der Waals surface area contributed by atoms with Crippen LogP contribution >= 0.6 is 46.1 Å². The summed E-state index contributed by atoms with van der Waals surface area (Å²) in [6.45, 7) is 0.533. The number of amides is 1. The van der Waals surface area contributed by atoms with Crippen LogP contribution in [0.3, 0.4) is 0 Å². The highest BCUT2D eigenvalue weighted by Gasteiger charge is 2.11. The summed E-state index contributed by atoms with van der Waals surface area (Å²) in [7, 11) is 0. The molecule has 0 saturated heterocycles. The van der Waals surface area contributed by atoms with Crippen LogP contribution < -0.4 is 10.6 Å². The van der Waals surface area contributed by atoms with Gasteiger partial charge in [-0.15, -0.1) is 11.3 Å². The third-order valence-corrected chi connectivity index (χ3v) is 6.57. The Morgan fingerprint density at radius 1 is 1.00 bits per heavy atom. The van der Waals surface area contributed by atoms with Gasteiger partial charge in [0.2, 0.25) is 0 Å². The molecular weight excluding hydrogens is 513 g/mol. The van der Waals surface area contributed by atoms with Crippen LogP contribution in [0.25, 0.3) is 20.8 Å². The van der Waals surface area contributed by atoms with E-state index in [1.54, 1.807) is 17.4 Å². The van der Waals surface area contributed by atoms with Crippen molar-refractivity contribution in [3.63, 3.8) is 0 Å². The van der Waals surface area contributed by atoms with E-state index in [1.807, 2.05) is 48.5 Å². The van der Waals surface area contributed by atoms with Crippen LogP contribution in [0, 0.1) is 3.57 Å². The van der Waals surface area contributed by atoms with Crippen molar-refractivity contribution in [1.82, 2.24) is 15.6 Å². The number of nitrogens with zero attached hydrogens (tertiary/aromatic N) is 1. The van der Waals surface area contributed by atoms with Gasteiger partial charge in [0.1, 0.15) is 5.01 Å². The van der Waals surface area contributed by atoms with Crippen molar-refractivity contribution in [3.05, 3.63) is 87.5 Å². The molecule has 2 N–H and O–H groups in total. The number of carbonyl (C=O) groups excluding carboxylic acids is 1. The number of hydrogen-bond donors (Lipinski definition) is 2. The van der Waals surface area contributed by atoms with Gasteiger partial charge in [-0.1, -0.05) is 48.5 Å². The number of para-hydroxylation sites is 1. The molecule has 3 aromatic carbocycles. The lowest BCUT2D eigenvalue weighted by molar-refractivity contribution is 0.0976. The molecule has 0 saturated carbocycles. The largest absolute Gasteiger partial charge is 0.358 e. The van der Waals surface area contributed by atoms with Crippen LogP contribution in [0.15, 0.2) is 72.8 Å². The van der Waals surface area contributed by atoms with Gasteiger partial charge in [-0.3, -0.25) is 10.1 Å². The summed E-state index contributed by atoms with van der Waals surface area (Å²) in [6.07, 6.45) is 0. The Labute approximate surface area is 191 Å². The fourth-order valence-electron chi connectivity index (χ4n) is 2.80. The van der Waals surface area contributed by atoms with Gasteiger partial charge in [0.15, 0.2) is 5.11 Å². The molecule has 0 spiro atoms. The predicted molar refractivity (Wildman–Crippen MR) is 131 cm³/mol. The van der Waals surface area contributed by atoms with E-state index in [-0.39, 0.29) is 5.91 Å². The summed E-state index contributed by atoms with van der Waals surface area (Å²) >= 11 is 9.08. The molecule has 1 heterocycles. The number of fused-ring (bicyclic) bond motifs is 1. The van der Waals surface area contributed by atoms with Crippen molar-refractivity contribution in [2.24, 2.45) is 0 Å². The second kappa shape index (κ2) is 8.98. The predicted octanol–water partition coefficient (Wildman–Crippen LogP) is 5.37. The van der Waals surface area contributed by atoms with Crippen molar-refractivity contribution in [2.75, 3.05) is 0 Å². The minimum Gasteiger partial charge on any atom is -0.358 e. The Morgan fingerprint density at radius 2 is 1.72 bits per heavy atom. The first kappa shape index (κ1) is 19.9. The van der Waals surface area contributed by atoms with Crippen molar-refractivity contribution in [3.8, 4) is 10.6 Å². The molecule has 1 amide bonds. The molecule has 0 unspecified atom stereocenters. The number of rotatable bonds is 4. The maximum absolute atomic E-state index is 12.3. The molecule has 4 nitrogen and oxygen atoms in total. The SMILES string of the molecule is O=C(NC(=S)NCc1ccc(-c2nc3ccccc3s2)cc1)c1ccccc1I. The monoisotopic (exact) mass is 529 g/mol. The molecular formula is C22H16IN3OS2. The van der Waals surface area contributed by atoms with E-state index in [1.165, 1.54) is 4.70 Å². The first-order valence-electron chi connectivity index (χ1n) is 8.89. The third kappa shape index (κ3) is 4.80. The number of carbonyl (C=O) groups is 1. The highest BCUT2D eigenvalue weighted by molar-refractivity contribution is 14.1. The van der Waals surface area contributed by atoms with Gasteiger partial charge in [-0.05, 0) is 64.6 Å². The molecule has 0 bridgehead atoms. The zero-order valence-corrected chi connectivity index (χ0v) is 19.0.